The maximum absolute atomic E-state index is 12.5. The van der Waals surface area contributed by atoms with Gasteiger partial charge >= 0.3 is 0 Å². The van der Waals surface area contributed by atoms with Gasteiger partial charge in [0.25, 0.3) is 0 Å². The second kappa shape index (κ2) is 7.41. The third kappa shape index (κ3) is 3.73. The molecule has 0 bridgehead atoms. The first kappa shape index (κ1) is 15.8. The summed E-state index contributed by atoms with van der Waals surface area (Å²) in [5, 5.41) is 0. The molecular weight excluding hydrogens is 250 g/mol. The second-order valence-corrected chi connectivity index (χ2v) is 6.71. The topological polar surface area (TPSA) is 49.6 Å². The van der Waals surface area contributed by atoms with Gasteiger partial charge in [-0.05, 0) is 45.2 Å². The van der Waals surface area contributed by atoms with E-state index in [4.69, 9.17) is 5.73 Å². The molecule has 2 N–H and O–H groups in total. The minimum atomic E-state index is 0.280. The summed E-state index contributed by atoms with van der Waals surface area (Å²) < 4.78 is 0. The molecule has 0 aromatic rings. The highest BCUT2D eigenvalue weighted by atomic mass is 16.2. The van der Waals surface area contributed by atoms with E-state index in [1.165, 1.54) is 51.4 Å². The number of carbonyl (C=O) groups excluding carboxylic acids is 1. The number of carbonyl (C=O) groups is 1. The molecule has 0 heterocycles. The maximum atomic E-state index is 12.5. The molecule has 2 rings (SSSR count). The van der Waals surface area contributed by atoms with Crippen molar-refractivity contribution in [2.75, 3.05) is 27.2 Å². The van der Waals surface area contributed by atoms with E-state index in [2.05, 4.69) is 11.9 Å². The van der Waals surface area contributed by atoms with Crippen LogP contribution in [0, 0.1) is 5.92 Å². The third-order valence-corrected chi connectivity index (χ3v) is 5.39. The normalized spacial score (nSPS) is 28.0. The lowest BCUT2D eigenvalue weighted by atomic mass is 9.94. The van der Waals surface area contributed by atoms with E-state index in [9.17, 15) is 4.79 Å². The minimum Gasteiger partial charge on any atom is -0.342 e. The van der Waals surface area contributed by atoms with Gasteiger partial charge in [0, 0.05) is 19.1 Å². The summed E-state index contributed by atoms with van der Waals surface area (Å²) >= 11 is 0. The van der Waals surface area contributed by atoms with Crippen LogP contribution in [0.3, 0.4) is 0 Å². The molecule has 20 heavy (non-hydrogen) atoms. The Morgan fingerprint density at radius 3 is 2.40 bits per heavy atom. The lowest BCUT2D eigenvalue weighted by molar-refractivity contribution is -0.134. The van der Waals surface area contributed by atoms with Crippen LogP contribution in [0.25, 0.3) is 0 Å². The molecule has 116 valence electrons. The number of rotatable bonds is 5. The van der Waals surface area contributed by atoms with E-state index >= 15 is 0 Å². The van der Waals surface area contributed by atoms with Crippen molar-refractivity contribution in [2.45, 2.75) is 63.5 Å². The van der Waals surface area contributed by atoms with E-state index < -0.39 is 0 Å². The fraction of sp³-hybridized carbons (Fsp3) is 0.938. The summed E-state index contributed by atoms with van der Waals surface area (Å²) in [5.74, 6) is 0.856. The zero-order valence-corrected chi connectivity index (χ0v) is 13.2. The van der Waals surface area contributed by atoms with Crippen molar-refractivity contribution < 1.29 is 4.79 Å². The molecule has 4 nitrogen and oxygen atoms in total. The summed E-state index contributed by atoms with van der Waals surface area (Å²) in [5.41, 5.74) is 5.85. The molecule has 0 aromatic carbocycles. The Kier molecular flexibility index (Phi) is 5.85. The van der Waals surface area contributed by atoms with Gasteiger partial charge < -0.3 is 10.6 Å². The van der Waals surface area contributed by atoms with E-state index in [1.807, 2.05) is 11.9 Å². The standard InChI is InChI=1S/C16H31N3O/c1-18(15-10-6-7-13(15)11-17)12-16(20)19(2)14-8-4-3-5-9-14/h13-15H,3-12,17H2,1-2H3. The van der Waals surface area contributed by atoms with Crippen LogP contribution in [0.5, 0.6) is 0 Å². The van der Waals surface area contributed by atoms with E-state index in [0.29, 0.717) is 24.5 Å². The number of nitrogens with two attached hydrogens (primary N) is 1. The average molecular weight is 281 g/mol. The zero-order chi connectivity index (χ0) is 14.5. The maximum Gasteiger partial charge on any atom is 0.236 e. The first-order chi connectivity index (χ1) is 9.63. The summed E-state index contributed by atoms with van der Waals surface area (Å²) in [4.78, 5) is 16.7. The molecule has 0 spiro atoms. The Labute approximate surface area is 123 Å². The van der Waals surface area contributed by atoms with Gasteiger partial charge in [0.05, 0.1) is 6.54 Å². The molecule has 0 radical (unpaired) electrons. The van der Waals surface area contributed by atoms with Crippen LogP contribution in [0.1, 0.15) is 51.4 Å². The predicted molar refractivity (Wildman–Crippen MR) is 82.5 cm³/mol. The van der Waals surface area contributed by atoms with Gasteiger partial charge in [-0.15, -0.1) is 0 Å². The lowest BCUT2D eigenvalue weighted by Gasteiger charge is -2.34. The number of amides is 1. The highest BCUT2D eigenvalue weighted by molar-refractivity contribution is 5.78. The number of hydrogen-bond donors (Lipinski definition) is 1. The fourth-order valence-corrected chi connectivity index (χ4v) is 3.99. The molecule has 2 aliphatic carbocycles. The molecule has 4 heteroatoms. The first-order valence-electron chi connectivity index (χ1n) is 8.29. The minimum absolute atomic E-state index is 0.280. The Morgan fingerprint density at radius 1 is 1.05 bits per heavy atom. The van der Waals surface area contributed by atoms with E-state index in [1.54, 1.807) is 0 Å². The molecular formula is C16H31N3O. The van der Waals surface area contributed by atoms with Crippen LogP contribution in [0.2, 0.25) is 0 Å². The monoisotopic (exact) mass is 281 g/mol. The van der Waals surface area contributed by atoms with Gasteiger partial charge in [-0.3, -0.25) is 9.69 Å². The molecule has 2 unspecified atom stereocenters. The van der Waals surface area contributed by atoms with Crippen LogP contribution in [-0.2, 0) is 4.79 Å². The molecule has 0 aliphatic heterocycles. The van der Waals surface area contributed by atoms with Crippen molar-refractivity contribution in [2.24, 2.45) is 11.7 Å². The molecule has 0 saturated heterocycles. The molecule has 2 aliphatic rings. The van der Waals surface area contributed by atoms with Gasteiger partial charge in [0.1, 0.15) is 0 Å². The van der Waals surface area contributed by atoms with Crippen LogP contribution in [0.4, 0.5) is 0 Å². The molecule has 1 amide bonds. The first-order valence-corrected chi connectivity index (χ1v) is 8.29. The molecule has 2 saturated carbocycles. The summed E-state index contributed by atoms with van der Waals surface area (Å²) in [6.07, 6.45) is 9.91. The van der Waals surface area contributed by atoms with Crippen LogP contribution in [0.15, 0.2) is 0 Å². The summed E-state index contributed by atoms with van der Waals surface area (Å²) in [6.45, 7) is 1.30. The van der Waals surface area contributed by atoms with Crippen LogP contribution in [-0.4, -0.2) is 55.0 Å². The highest BCUT2D eigenvalue weighted by Gasteiger charge is 2.31. The lowest BCUT2D eigenvalue weighted by Crippen LogP contribution is -2.47. The van der Waals surface area contributed by atoms with Gasteiger partial charge in [0.15, 0.2) is 0 Å². The Morgan fingerprint density at radius 2 is 1.75 bits per heavy atom. The van der Waals surface area contributed by atoms with Gasteiger partial charge in [-0.1, -0.05) is 25.7 Å². The van der Waals surface area contributed by atoms with Crippen molar-refractivity contribution in [1.29, 1.82) is 0 Å². The molecule has 0 aromatic heterocycles. The zero-order valence-electron chi connectivity index (χ0n) is 13.2. The Bertz CT molecular complexity index is 315. The smallest absolute Gasteiger partial charge is 0.236 e. The molecule has 2 fully saturated rings. The van der Waals surface area contributed by atoms with Crippen LogP contribution >= 0.6 is 0 Å². The largest absolute Gasteiger partial charge is 0.342 e. The fourth-order valence-electron chi connectivity index (χ4n) is 3.99. The van der Waals surface area contributed by atoms with Crippen LogP contribution < -0.4 is 5.73 Å². The second-order valence-electron chi connectivity index (χ2n) is 6.71. The Hall–Kier alpha value is -0.610. The summed E-state index contributed by atoms with van der Waals surface area (Å²) in [6, 6.07) is 0.974. The number of nitrogens with zero attached hydrogens (tertiary/aromatic N) is 2. The molecule has 2 atom stereocenters. The Balaban J connectivity index is 1.83. The number of hydrogen-bond acceptors (Lipinski definition) is 3. The van der Waals surface area contributed by atoms with Crippen molar-refractivity contribution in [3.63, 3.8) is 0 Å². The van der Waals surface area contributed by atoms with E-state index in [0.717, 1.165) is 6.54 Å². The quantitative estimate of drug-likeness (QED) is 0.836. The van der Waals surface area contributed by atoms with Crippen molar-refractivity contribution in [1.82, 2.24) is 9.80 Å². The number of likely N-dealkylation sites (N-methyl/N-ethyl adjacent to an activating group) is 2. The third-order valence-electron chi connectivity index (χ3n) is 5.39. The summed E-state index contributed by atoms with van der Waals surface area (Å²) in [7, 11) is 4.08. The van der Waals surface area contributed by atoms with Crippen molar-refractivity contribution in [3.05, 3.63) is 0 Å². The highest BCUT2D eigenvalue weighted by Crippen LogP contribution is 2.28. The predicted octanol–water partition coefficient (Wildman–Crippen LogP) is 1.84. The van der Waals surface area contributed by atoms with Gasteiger partial charge in [-0.25, -0.2) is 0 Å². The van der Waals surface area contributed by atoms with Crippen molar-refractivity contribution >= 4 is 5.91 Å². The average Bonchev–Trinajstić information content (AvgIpc) is 2.95. The van der Waals surface area contributed by atoms with E-state index in [-0.39, 0.29) is 5.91 Å². The van der Waals surface area contributed by atoms with Gasteiger partial charge in [-0.2, -0.15) is 0 Å². The van der Waals surface area contributed by atoms with Crippen molar-refractivity contribution in [3.8, 4) is 0 Å². The van der Waals surface area contributed by atoms with Gasteiger partial charge in [0.2, 0.25) is 5.91 Å². The SMILES string of the molecule is CN(CC(=O)N(C)C1CCCCC1)C1CCCC1CN.